The minimum absolute atomic E-state index is 0.0910. The van der Waals surface area contributed by atoms with Crippen LogP contribution in [-0.4, -0.2) is 11.9 Å². The van der Waals surface area contributed by atoms with E-state index in [1.165, 1.54) is 19.3 Å². The summed E-state index contributed by atoms with van der Waals surface area (Å²) in [5.41, 5.74) is 3.02. The van der Waals surface area contributed by atoms with E-state index in [0.29, 0.717) is 6.04 Å². The van der Waals surface area contributed by atoms with Crippen molar-refractivity contribution in [3.63, 3.8) is 0 Å². The predicted molar refractivity (Wildman–Crippen MR) is 79.7 cm³/mol. The van der Waals surface area contributed by atoms with Crippen LogP contribution in [-0.2, 0) is 4.79 Å². The van der Waals surface area contributed by atoms with Gasteiger partial charge in [0.05, 0.1) is 0 Å². The molecule has 1 aliphatic rings. The number of allylic oxidation sites excluding steroid dienone is 1. The molecule has 1 N–H and O–H groups in total. The number of carbonyl (C=O) groups is 1. The van der Waals surface area contributed by atoms with Crippen molar-refractivity contribution in [1.29, 1.82) is 0 Å². The van der Waals surface area contributed by atoms with E-state index in [2.05, 4.69) is 5.32 Å². The topological polar surface area (TPSA) is 29.1 Å². The molecule has 0 saturated heterocycles. The lowest BCUT2D eigenvalue weighted by Crippen LogP contribution is -2.36. The highest BCUT2D eigenvalue weighted by molar-refractivity contribution is 6.00. The van der Waals surface area contributed by atoms with Gasteiger partial charge in [-0.05, 0) is 37.8 Å². The number of benzene rings is 1. The van der Waals surface area contributed by atoms with Crippen molar-refractivity contribution in [2.24, 2.45) is 0 Å². The monoisotopic (exact) mass is 257 g/mol. The number of carbonyl (C=O) groups excluding carboxylic acids is 1. The summed E-state index contributed by atoms with van der Waals surface area (Å²) in [6, 6.07) is 10.5. The van der Waals surface area contributed by atoms with E-state index < -0.39 is 0 Å². The third-order valence-corrected chi connectivity index (χ3v) is 4.05. The first-order valence-electron chi connectivity index (χ1n) is 7.22. The normalized spacial score (nSPS) is 17.8. The molecule has 0 bridgehead atoms. The molecular formula is C17H23NO. The molecule has 0 radical (unpaired) electrons. The van der Waals surface area contributed by atoms with Crippen molar-refractivity contribution in [2.75, 3.05) is 0 Å². The first kappa shape index (κ1) is 13.9. The van der Waals surface area contributed by atoms with Gasteiger partial charge in [0.25, 0.3) is 0 Å². The molecule has 0 unspecified atom stereocenters. The van der Waals surface area contributed by atoms with E-state index in [1.807, 2.05) is 44.2 Å². The zero-order valence-electron chi connectivity index (χ0n) is 11.9. The molecule has 2 rings (SSSR count). The second-order valence-electron chi connectivity index (χ2n) is 5.42. The smallest absolute Gasteiger partial charge is 0.247 e. The van der Waals surface area contributed by atoms with Crippen LogP contribution < -0.4 is 5.32 Å². The minimum atomic E-state index is 0.0910. The van der Waals surface area contributed by atoms with E-state index in [-0.39, 0.29) is 5.91 Å². The Morgan fingerprint density at radius 3 is 2.32 bits per heavy atom. The molecule has 102 valence electrons. The fraction of sp³-hybridized carbons (Fsp3) is 0.471. The summed E-state index contributed by atoms with van der Waals surface area (Å²) in [4.78, 5) is 12.3. The van der Waals surface area contributed by atoms with Crippen LogP contribution in [0, 0.1) is 0 Å². The zero-order valence-corrected chi connectivity index (χ0v) is 11.9. The van der Waals surface area contributed by atoms with Crippen LogP contribution in [0.5, 0.6) is 0 Å². The lowest BCUT2D eigenvalue weighted by molar-refractivity contribution is -0.118. The standard InChI is InChI=1S/C17H23NO/c1-13(15-9-5-3-6-10-15)14(2)17(19)18-16-11-7-4-8-12-16/h3,5-6,9-10,16H,4,7-8,11-12H2,1-2H3,(H,18,19)/b14-13-. The number of rotatable bonds is 3. The Labute approximate surface area is 115 Å². The highest BCUT2D eigenvalue weighted by Gasteiger charge is 2.17. The Kier molecular flexibility index (Phi) is 4.78. The average Bonchev–Trinajstić information content (AvgIpc) is 2.47. The molecule has 0 aliphatic heterocycles. The number of hydrogen-bond acceptors (Lipinski definition) is 1. The highest BCUT2D eigenvalue weighted by atomic mass is 16.1. The van der Waals surface area contributed by atoms with Crippen LogP contribution in [0.2, 0.25) is 0 Å². The van der Waals surface area contributed by atoms with E-state index in [1.54, 1.807) is 0 Å². The number of nitrogens with one attached hydrogen (secondary N) is 1. The molecule has 1 saturated carbocycles. The van der Waals surface area contributed by atoms with E-state index in [0.717, 1.165) is 29.6 Å². The Balaban J connectivity index is 2.05. The van der Waals surface area contributed by atoms with Crippen molar-refractivity contribution in [3.8, 4) is 0 Å². The molecule has 0 atom stereocenters. The van der Waals surface area contributed by atoms with Crippen molar-refractivity contribution < 1.29 is 4.79 Å². The van der Waals surface area contributed by atoms with E-state index in [9.17, 15) is 4.79 Å². The third-order valence-electron chi connectivity index (χ3n) is 4.05. The molecule has 1 amide bonds. The van der Waals surface area contributed by atoms with Gasteiger partial charge in [0.2, 0.25) is 5.91 Å². The largest absolute Gasteiger partial charge is 0.350 e. The summed E-state index contributed by atoms with van der Waals surface area (Å²) in [5, 5.41) is 3.17. The van der Waals surface area contributed by atoms with Gasteiger partial charge >= 0.3 is 0 Å². The molecule has 0 spiro atoms. The quantitative estimate of drug-likeness (QED) is 0.817. The molecule has 0 heterocycles. The van der Waals surface area contributed by atoms with Crippen LogP contribution in [0.3, 0.4) is 0 Å². The molecule has 1 aliphatic carbocycles. The molecule has 1 aromatic rings. The van der Waals surface area contributed by atoms with Crippen molar-refractivity contribution in [3.05, 3.63) is 41.5 Å². The summed E-state index contributed by atoms with van der Waals surface area (Å²) in [6.45, 7) is 3.94. The van der Waals surface area contributed by atoms with Gasteiger partial charge in [-0.15, -0.1) is 0 Å². The fourth-order valence-electron chi connectivity index (χ4n) is 2.62. The molecule has 1 aromatic carbocycles. The SMILES string of the molecule is C/C(C(=O)NC1CCCCC1)=C(\C)c1ccccc1. The molecule has 2 heteroatoms. The minimum Gasteiger partial charge on any atom is -0.350 e. The second-order valence-corrected chi connectivity index (χ2v) is 5.42. The molecule has 1 fully saturated rings. The summed E-state index contributed by atoms with van der Waals surface area (Å²) < 4.78 is 0. The lowest BCUT2D eigenvalue weighted by Gasteiger charge is -2.23. The maximum absolute atomic E-state index is 12.3. The van der Waals surface area contributed by atoms with E-state index in [4.69, 9.17) is 0 Å². The molecule has 2 nitrogen and oxygen atoms in total. The Hall–Kier alpha value is -1.57. The van der Waals surface area contributed by atoms with Crippen molar-refractivity contribution in [1.82, 2.24) is 5.32 Å². The van der Waals surface area contributed by atoms with Crippen LogP contribution >= 0.6 is 0 Å². The van der Waals surface area contributed by atoms with Crippen LogP contribution in [0.1, 0.15) is 51.5 Å². The van der Waals surface area contributed by atoms with Gasteiger partial charge in [0.1, 0.15) is 0 Å². The first-order chi connectivity index (χ1) is 9.18. The predicted octanol–water partition coefficient (Wildman–Crippen LogP) is 3.93. The number of amides is 1. The summed E-state index contributed by atoms with van der Waals surface area (Å²) in [5.74, 6) is 0.0910. The van der Waals surface area contributed by atoms with Gasteiger partial charge in [0.15, 0.2) is 0 Å². The molecule has 0 aromatic heterocycles. The Morgan fingerprint density at radius 2 is 1.68 bits per heavy atom. The lowest BCUT2D eigenvalue weighted by atomic mass is 9.95. The van der Waals surface area contributed by atoms with Crippen LogP contribution in [0.15, 0.2) is 35.9 Å². The molecule has 19 heavy (non-hydrogen) atoms. The van der Waals surface area contributed by atoms with Gasteiger partial charge in [-0.2, -0.15) is 0 Å². The second kappa shape index (κ2) is 6.55. The van der Waals surface area contributed by atoms with Crippen molar-refractivity contribution in [2.45, 2.75) is 52.0 Å². The van der Waals surface area contributed by atoms with Crippen LogP contribution in [0.25, 0.3) is 5.57 Å². The summed E-state index contributed by atoms with van der Waals surface area (Å²) in [6.07, 6.45) is 6.05. The van der Waals surface area contributed by atoms with Gasteiger partial charge in [0, 0.05) is 11.6 Å². The van der Waals surface area contributed by atoms with Gasteiger partial charge in [-0.3, -0.25) is 4.79 Å². The first-order valence-corrected chi connectivity index (χ1v) is 7.22. The zero-order chi connectivity index (χ0) is 13.7. The van der Waals surface area contributed by atoms with E-state index >= 15 is 0 Å². The summed E-state index contributed by atoms with van der Waals surface area (Å²) in [7, 11) is 0. The molecular weight excluding hydrogens is 234 g/mol. The van der Waals surface area contributed by atoms with Gasteiger partial charge in [-0.1, -0.05) is 49.6 Å². The average molecular weight is 257 g/mol. The maximum atomic E-state index is 12.3. The third kappa shape index (κ3) is 3.69. The Morgan fingerprint density at radius 1 is 1.05 bits per heavy atom. The van der Waals surface area contributed by atoms with Gasteiger partial charge < -0.3 is 5.32 Å². The summed E-state index contributed by atoms with van der Waals surface area (Å²) >= 11 is 0. The maximum Gasteiger partial charge on any atom is 0.247 e. The number of hydrogen-bond donors (Lipinski definition) is 1. The highest BCUT2D eigenvalue weighted by Crippen LogP contribution is 2.20. The van der Waals surface area contributed by atoms with Crippen molar-refractivity contribution >= 4 is 11.5 Å². The van der Waals surface area contributed by atoms with Crippen LogP contribution in [0.4, 0.5) is 0 Å². The fourth-order valence-corrected chi connectivity index (χ4v) is 2.62. The van der Waals surface area contributed by atoms with Gasteiger partial charge in [-0.25, -0.2) is 0 Å². The Bertz CT molecular complexity index is 455.